The molecule has 1 aliphatic heterocycles. The fourth-order valence-corrected chi connectivity index (χ4v) is 5.65. The Hall–Kier alpha value is -4.70. The molecule has 2 heterocycles. The molecule has 0 fully saturated rings. The Morgan fingerprint density at radius 2 is 1.23 bits per heavy atom. The minimum absolute atomic E-state index is 0. The zero-order valence-electron chi connectivity index (χ0n) is 27.2. The predicted molar refractivity (Wildman–Crippen MR) is 192 cm³/mol. The van der Waals surface area contributed by atoms with Crippen LogP contribution in [0.1, 0.15) is 50.7 Å². The first kappa shape index (κ1) is 33.7. The van der Waals surface area contributed by atoms with Crippen LogP contribution in [0.2, 0.25) is 0 Å². The molecule has 0 saturated carbocycles. The third-order valence-electron chi connectivity index (χ3n) is 8.01. The van der Waals surface area contributed by atoms with Crippen molar-refractivity contribution in [3.05, 3.63) is 176 Å². The van der Waals surface area contributed by atoms with Crippen molar-refractivity contribution in [2.24, 2.45) is 0 Å². The summed E-state index contributed by atoms with van der Waals surface area (Å²) in [6, 6.07) is 48.1. The number of hydrogen-bond donors (Lipinski definition) is 0. The molecule has 47 heavy (non-hydrogen) atoms. The Balaban J connectivity index is 0.000000205. The molecule has 0 radical (unpaired) electrons. The van der Waals surface area contributed by atoms with Crippen LogP contribution in [0.25, 0.3) is 28.2 Å². The summed E-state index contributed by atoms with van der Waals surface area (Å²) in [7, 11) is 0. The van der Waals surface area contributed by atoms with Gasteiger partial charge in [0.05, 0.1) is 5.82 Å². The van der Waals surface area contributed by atoms with E-state index in [0.717, 1.165) is 22.8 Å². The molecular formula is C42H39IrN4. The molecule has 4 nitrogen and oxygen atoms in total. The van der Waals surface area contributed by atoms with Crippen molar-refractivity contribution < 1.29 is 20.1 Å². The zero-order valence-corrected chi connectivity index (χ0v) is 29.6. The molecule has 7 rings (SSSR count). The van der Waals surface area contributed by atoms with E-state index in [0.29, 0.717) is 11.8 Å². The van der Waals surface area contributed by atoms with E-state index in [9.17, 15) is 0 Å². The molecule has 0 unspecified atom stereocenters. The maximum atomic E-state index is 4.68. The van der Waals surface area contributed by atoms with Gasteiger partial charge in [-0.3, -0.25) is 4.98 Å². The molecule has 5 heteroatoms. The number of anilines is 2. The van der Waals surface area contributed by atoms with Gasteiger partial charge in [-0.05, 0) is 70.8 Å². The molecular weight excluding hydrogens is 753 g/mol. The molecule has 0 bridgehead atoms. The van der Waals surface area contributed by atoms with Crippen LogP contribution >= 0.6 is 0 Å². The summed E-state index contributed by atoms with van der Waals surface area (Å²) in [6.45, 7) is 11.1. The Morgan fingerprint density at radius 1 is 0.638 bits per heavy atom. The van der Waals surface area contributed by atoms with Gasteiger partial charge in [-0.15, -0.1) is 48.3 Å². The maximum absolute atomic E-state index is 4.68. The topological polar surface area (TPSA) is 24.3 Å². The minimum Gasteiger partial charge on any atom is -0.500 e. The van der Waals surface area contributed by atoms with Crippen LogP contribution in [0, 0.1) is 18.8 Å². The fraction of sp³-hybridized carbons (Fsp3) is 0.143. The van der Waals surface area contributed by atoms with E-state index in [4.69, 9.17) is 0 Å². The predicted octanol–water partition coefficient (Wildman–Crippen LogP) is 10.7. The number of benzene rings is 5. The Morgan fingerprint density at radius 3 is 1.83 bits per heavy atom. The third-order valence-corrected chi connectivity index (χ3v) is 8.01. The van der Waals surface area contributed by atoms with Crippen molar-refractivity contribution in [2.45, 2.75) is 39.5 Å². The summed E-state index contributed by atoms with van der Waals surface area (Å²) in [5.74, 6) is 1.71. The van der Waals surface area contributed by atoms with E-state index in [1.54, 1.807) is 0 Å². The van der Waals surface area contributed by atoms with Crippen molar-refractivity contribution >= 4 is 11.4 Å². The molecule has 0 spiro atoms. The van der Waals surface area contributed by atoms with Gasteiger partial charge in [0.2, 0.25) is 0 Å². The van der Waals surface area contributed by atoms with Crippen LogP contribution in [-0.4, -0.2) is 9.55 Å². The average molecular weight is 792 g/mol. The smallest absolute Gasteiger partial charge is 0.500 e. The first-order chi connectivity index (χ1) is 22.5. The van der Waals surface area contributed by atoms with Gasteiger partial charge >= 0.3 is 20.1 Å². The summed E-state index contributed by atoms with van der Waals surface area (Å²) in [4.78, 5) is 8.81. The molecule has 0 amide bonds. The number of nitrogens with zero attached hydrogens (tertiary/aromatic N) is 4. The largest absolute Gasteiger partial charge is 3.00 e. The normalized spacial score (nSPS) is 12.2. The standard InChI is InChI=1S/C27H27N2.C15H12N2.Ir/c1-19(2)24-17-23(21-11-7-5-8-12-21)18-25(20(3)4)26(24)29-16-15-28-27(29)22-13-9-6-10-14-22;1-3-7-14(8-4-1)16-11-12-17(13-16)15-9-5-2-6-10-15;/h5-13,15-20H,1-4H3;1-9,11-13H;/q-1;-2;+3. The van der Waals surface area contributed by atoms with Crippen molar-refractivity contribution in [2.75, 3.05) is 9.80 Å². The first-order valence-electron chi connectivity index (χ1n) is 15.9. The van der Waals surface area contributed by atoms with Gasteiger partial charge in [-0.2, -0.15) is 30.3 Å². The number of aromatic nitrogens is 2. The van der Waals surface area contributed by atoms with E-state index in [1.807, 2.05) is 90.8 Å². The van der Waals surface area contributed by atoms with E-state index in [1.165, 1.54) is 27.9 Å². The van der Waals surface area contributed by atoms with E-state index in [-0.39, 0.29) is 20.1 Å². The summed E-state index contributed by atoms with van der Waals surface area (Å²) < 4.78 is 2.24. The zero-order chi connectivity index (χ0) is 31.9. The minimum atomic E-state index is 0. The molecule has 0 atom stereocenters. The van der Waals surface area contributed by atoms with Crippen LogP contribution in [-0.2, 0) is 20.1 Å². The molecule has 0 saturated heterocycles. The van der Waals surface area contributed by atoms with Gasteiger partial charge in [0, 0.05) is 23.8 Å². The van der Waals surface area contributed by atoms with Crippen LogP contribution in [0.4, 0.5) is 11.4 Å². The Bertz CT molecular complexity index is 1790. The molecule has 1 aliphatic rings. The Kier molecular flexibility index (Phi) is 11.3. The van der Waals surface area contributed by atoms with Crippen molar-refractivity contribution in [1.29, 1.82) is 0 Å². The van der Waals surface area contributed by atoms with Gasteiger partial charge in [-0.1, -0.05) is 76.2 Å². The van der Waals surface area contributed by atoms with Crippen molar-refractivity contribution in [1.82, 2.24) is 9.55 Å². The average Bonchev–Trinajstić information content (AvgIpc) is 3.81. The van der Waals surface area contributed by atoms with Gasteiger partial charge in [-0.25, -0.2) is 0 Å². The molecule has 5 aromatic carbocycles. The SMILES string of the molecule is CC(C)c1cc(-c2ccccc2)cc(C(C)C)c1-n1ccnc1-c1[c-]cccc1.[Ir+3].[c-]1ccccc1N1C=CN(c2ccccc2)[CH-]1. The Labute approximate surface area is 293 Å². The van der Waals surface area contributed by atoms with E-state index >= 15 is 0 Å². The first-order valence-corrected chi connectivity index (χ1v) is 15.9. The van der Waals surface area contributed by atoms with Crippen LogP contribution in [0.15, 0.2) is 146 Å². The van der Waals surface area contributed by atoms with Gasteiger partial charge in [0.25, 0.3) is 0 Å². The van der Waals surface area contributed by atoms with Crippen LogP contribution in [0.3, 0.4) is 0 Å². The second kappa shape index (κ2) is 15.7. The second-order valence-electron chi connectivity index (χ2n) is 11.9. The summed E-state index contributed by atoms with van der Waals surface area (Å²) in [5, 5.41) is 0. The van der Waals surface area contributed by atoms with E-state index < -0.39 is 0 Å². The third kappa shape index (κ3) is 7.82. The summed E-state index contributed by atoms with van der Waals surface area (Å²) in [5.41, 5.74) is 9.66. The van der Waals surface area contributed by atoms with Gasteiger partial charge < -0.3 is 14.4 Å². The maximum Gasteiger partial charge on any atom is 3.00 e. The summed E-state index contributed by atoms with van der Waals surface area (Å²) in [6.07, 6.45) is 8.02. The van der Waals surface area contributed by atoms with Crippen molar-refractivity contribution in [3.63, 3.8) is 0 Å². The monoisotopic (exact) mass is 792 g/mol. The van der Waals surface area contributed by atoms with Crippen molar-refractivity contribution in [3.8, 4) is 28.2 Å². The number of hydrogen-bond acceptors (Lipinski definition) is 3. The molecule has 6 aromatic rings. The second-order valence-corrected chi connectivity index (χ2v) is 11.9. The fourth-order valence-electron chi connectivity index (χ4n) is 5.65. The van der Waals surface area contributed by atoms with Crippen LogP contribution < -0.4 is 9.80 Å². The molecule has 1 aromatic heterocycles. The molecule has 236 valence electrons. The van der Waals surface area contributed by atoms with Gasteiger partial charge in [0.15, 0.2) is 0 Å². The van der Waals surface area contributed by atoms with Crippen LogP contribution in [0.5, 0.6) is 0 Å². The molecule has 0 N–H and O–H groups in total. The molecule has 0 aliphatic carbocycles. The van der Waals surface area contributed by atoms with E-state index in [2.05, 4.69) is 121 Å². The number of rotatable bonds is 7. The number of imidazole rings is 1. The number of para-hydroxylation sites is 2. The van der Waals surface area contributed by atoms with Gasteiger partial charge in [0.1, 0.15) is 0 Å². The summed E-state index contributed by atoms with van der Waals surface area (Å²) >= 11 is 0. The quantitative estimate of drug-likeness (QED) is 0.151.